The molecule has 2 heterocycles. The quantitative estimate of drug-likeness (QED) is 0.795. The number of benzene rings is 1. The minimum Gasteiger partial charge on any atom is -0.482 e. The number of aliphatic carboxylic acids is 1. The first kappa shape index (κ1) is 16.7. The van der Waals surface area contributed by atoms with E-state index < -0.39 is 17.9 Å². The Hall–Kier alpha value is -2.13. The molecule has 1 aromatic carbocycles. The second kappa shape index (κ2) is 6.78. The number of carbonyl (C=O) groups excluding carboxylic acids is 2. The molecule has 1 saturated heterocycles. The van der Waals surface area contributed by atoms with Gasteiger partial charge in [-0.05, 0) is 18.2 Å². The smallest absolute Gasteiger partial charge is 0.328 e. The van der Waals surface area contributed by atoms with Gasteiger partial charge in [-0.2, -0.15) is 0 Å². The number of morpholine rings is 1. The minimum absolute atomic E-state index is 0.0539. The first-order chi connectivity index (χ1) is 11.5. The summed E-state index contributed by atoms with van der Waals surface area (Å²) in [5.41, 5.74) is 0.489. The summed E-state index contributed by atoms with van der Waals surface area (Å²) in [4.78, 5) is 38.6. The zero-order valence-corrected chi connectivity index (χ0v) is 14.2. The summed E-state index contributed by atoms with van der Waals surface area (Å²) in [5, 5.41) is 9.22. The van der Waals surface area contributed by atoms with Crippen molar-refractivity contribution in [3.8, 4) is 5.75 Å². The largest absolute Gasteiger partial charge is 0.482 e. The number of ether oxygens (including phenoxy) is 2. The fraction of sp³-hybridized carbons (Fsp3) is 0.400. The van der Waals surface area contributed by atoms with Crippen LogP contribution in [0.25, 0.3) is 0 Å². The number of carboxylic acids is 1. The fourth-order valence-electron chi connectivity index (χ4n) is 2.68. The van der Waals surface area contributed by atoms with Gasteiger partial charge in [-0.25, -0.2) is 4.79 Å². The van der Waals surface area contributed by atoms with E-state index in [1.165, 1.54) is 9.80 Å². The van der Waals surface area contributed by atoms with Crippen LogP contribution in [0.15, 0.2) is 22.7 Å². The van der Waals surface area contributed by atoms with Crippen molar-refractivity contribution >= 4 is 39.4 Å². The molecule has 1 aromatic rings. The van der Waals surface area contributed by atoms with Crippen LogP contribution in [0.1, 0.15) is 0 Å². The molecule has 8 nitrogen and oxygen atoms in total. The van der Waals surface area contributed by atoms with Gasteiger partial charge in [0.15, 0.2) is 12.6 Å². The van der Waals surface area contributed by atoms with Crippen LogP contribution in [0.4, 0.5) is 5.69 Å². The summed E-state index contributed by atoms with van der Waals surface area (Å²) in [7, 11) is 0. The van der Waals surface area contributed by atoms with Crippen LogP contribution in [0.3, 0.4) is 0 Å². The van der Waals surface area contributed by atoms with E-state index in [0.29, 0.717) is 11.4 Å². The molecule has 0 spiro atoms. The van der Waals surface area contributed by atoms with E-state index in [4.69, 9.17) is 9.47 Å². The van der Waals surface area contributed by atoms with Gasteiger partial charge in [-0.15, -0.1) is 0 Å². The SMILES string of the molecule is O=C(O)[C@@H]1COCCN1C(=O)CN1C(=O)COc2cc(Br)ccc21. The van der Waals surface area contributed by atoms with Gasteiger partial charge in [-0.3, -0.25) is 14.5 Å². The second-order valence-electron chi connectivity index (χ2n) is 5.40. The second-order valence-corrected chi connectivity index (χ2v) is 6.31. The number of carbonyl (C=O) groups is 3. The van der Waals surface area contributed by atoms with Crippen molar-refractivity contribution in [1.82, 2.24) is 4.90 Å². The van der Waals surface area contributed by atoms with E-state index in [1.54, 1.807) is 18.2 Å². The van der Waals surface area contributed by atoms with Gasteiger partial charge in [0.2, 0.25) is 5.91 Å². The molecule has 2 aliphatic heterocycles. The Bertz CT molecular complexity index is 695. The molecule has 9 heteroatoms. The van der Waals surface area contributed by atoms with Gasteiger partial charge in [0.1, 0.15) is 12.3 Å². The van der Waals surface area contributed by atoms with Crippen molar-refractivity contribution in [2.24, 2.45) is 0 Å². The highest BCUT2D eigenvalue weighted by Crippen LogP contribution is 2.34. The number of halogens is 1. The van der Waals surface area contributed by atoms with E-state index in [0.717, 1.165) is 4.47 Å². The zero-order chi connectivity index (χ0) is 17.3. The molecule has 0 unspecified atom stereocenters. The van der Waals surface area contributed by atoms with Gasteiger partial charge >= 0.3 is 5.97 Å². The first-order valence-electron chi connectivity index (χ1n) is 7.30. The van der Waals surface area contributed by atoms with Crippen LogP contribution >= 0.6 is 15.9 Å². The van der Waals surface area contributed by atoms with E-state index in [-0.39, 0.29) is 38.8 Å². The van der Waals surface area contributed by atoms with Crippen LogP contribution in [0.2, 0.25) is 0 Å². The molecule has 0 bridgehead atoms. The third-order valence-electron chi connectivity index (χ3n) is 3.89. The molecule has 24 heavy (non-hydrogen) atoms. The number of hydrogen-bond acceptors (Lipinski definition) is 5. The van der Waals surface area contributed by atoms with Gasteiger partial charge in [0, 0.05) is 11.0 Å². The fourth-order valence-corrected chi connectivity index (χ4v) is 3.02. The van der Waals surface area contributed by atoms with Crippen molar-refractivity contribution in [3.05, 3.63) is 22.7 Å². The standard InChI is InChI=1S/C15H15BrN2O6/c16-9-1-2-10-12(5-9)24-8-14(20)18(10)6-13(19)17-3-4-23-7-11(17)15(21)22/h1-2,5,11H,3-4,6-8H2,(H,21,22)/t11-/m0/s1. The van der Waals surface area contributed by atoms with Crippen molar-refractivity contribution in [2.75, 3.05) is 37.8 Å². The Kier molecular flexibility index (Phi) is 4.72. The summed E-state index contributed by atoms with van der Waals surface area (Å²) in [6, 6.07) is 4.10. The van der Waals surface area contributed by atoms with Crippen molar-refractivity contribution in [2.45, 2.75) is 6.04 Å². The molecule has 0 radical (unpaired) electrons. The van der Waals surface area contributed by atoms with Crippen molar-refractivity contribution < 1.29 is 29.0 Å². The molecular formula is C15H15BrN2O6. The molecule has 1 atom stereocenters. The van der Waals surface area contributed by atoms with Gasteiger partial charge < -0.3 is 19.5 Å². The monoisotopic (exact) mass is 398 g/mol. The molecule has 128 valence electrons. The predicted molar refractivity (Wildman–Crippen MR) is 85.9 cm³/mol. The van der Waals surface area contributed by atoms with Crippen LogP contribution in [-0.2, 0) is 19.1 Å². The zero-order valence-electron chi connectivity index (χ0n) is 12.6. The number of nitrogens with zero attached hydrogens (tertiary/aromatic N) is 2. The average Bonchev–Trinajstić information content (AvgIpc) is 2.57. The maximum Gasteiger partial charge on any atom is 0.328 e. The molecule has 2 amide bonds. The number of carboxylic acid groups (broad SMARTS) is 1. The Labute approximate surface area is 146 Å². The molecule has 0 aliphatic carbocycles. The molecule has 0 aromatic heterocycles. The molecule has 3 rings (SSSR count). The number of fused-ring (bicyclic) bond motifs is 1. The number of rotatable bonds is 3. The molecule has 1 fully saturated rings. The summed E-state index contributed by atoms with van der Waals surface area (Å²) < 4.78 is 11.3. The topological polar surface area (TPSA) is 96.4 Å². The lowest BCUT2D eigenvalue weighted by molar-refractivity contribution is -0.157. The summed E-state index contributed by atoms with van der Waals surface area (Å²) in [6.45, 7) is 0.00209. The maximum atomic E-state index is 12.6. The number of anilines is 1. The normalized spacial score (nSPS) is 20.4. The predicted octanol–water partition coefficient (Wildman–Crippen LogP) is 0.487. The number of hydrogen-bond donors (Lipinski definition) is 1. The Morgan fingerprint density at radius 1 is 1.38 bits per heavy atom. The third kappa shape index (κ3) is 3.22. The van der Waals surface area contributed by atoms with Crippen molar-refractivity contribution in [1.29, 1.82) is 0 Å². The Morgan fingerprint density at radius 3 is 2.92 bits per heavy atom. The molecule has 1 N–H and O–H groups in total. The van der Waals surface area contributed by atoms with Crippen LogP contribution in [-0.4, -0.2) is 66.7 Å². The lowest BCUT2D eigenvalue weighted by Crippen LogP contribution is -2.56. The molecular weight excluding hydrogens is 384 g/mol. The molecule has 2 aliphatic rings. The Morgan fingerprint density at radius 2 is 2.17 bits per heavy atom. The van der Waals surface area contributed by atoms with E-state index in [9.17, 15) is 19.5 Å². The third-order valence-corrected chi connectivity index (χ3v) is 4.39. The van der Waals surface area contributed by atoms with Crippen LogP contribution < -0.4 is 9.64 Å². The van der Waals surface area contributed by atoms with Crippen LogP contribution in [0.5, 0.6) is 5.75 Å². The lowest BCUT2D eigenvalue weighted by Gasteiger charge is -2.35. The average molecular weight is 399 g/mol. The van der Waals surface area contributed by atoms with E-state index in [1.807, 2.05) is 0 Å². The van der Waals surface area contributed by atoms with Gasteiger partial charge in [0.25, 0.3) is 5.91 Å². The minimum atomic E-state index is -1.12. The summed E-state index contributed by atoms with van der Waals surface area (Å²) in [5.74, 6) is -1.41. The van der Waals surface area contributed by atoms with Crippen molar-refractivity contribution in [3.63, 3.8) is 0 Å². The van der Waals surface area contributed by atoms with Gasteiger partial charge in [0.05, 0.1) is 18.9 Å². The summed E-state index contributed by atoms with van der Waals surface area (Å²) >= 11 is 3.32. The first-order valence-corrected chi connectivity index (χ1v) is 8.09. The van der Waals surface area contributed by atoms with Crippen LogP contribution in [0, 0.1) is 0 Å². The molecule has 0 saturated carbocycles. The highest BCUT2D eigenvalue weighted by Gasteiger charge is 2.35. The van der Waals surface area contributed by atoms with Gasteiger partial charge in [-0.1, -0.05) is 15.9 Å². The maximum absolute atomic E-state index is 12.6. The van der Waals surface area contributed by atoms with E-state index in [2.05, 4.69) is 15.9 Å². The van der Waals surface area contributed by atoms with E-state index >= 15 is 0 Å². The highest BCUT2D eigenvalue weighted by molar-refractivity contribution is 9.10. The highest BCUT2D eigenvalue weighted by atomic mass is 79.9. The Balaban J connectivity index is 1.81. The summed E-state index contributed by atoms with van der Waals surface area (Å²) in [6.07, 6.45) is 0. The lowest BCUT2D eigenvalue weighted by atomic mass is 10.2. The number of amides is 2.